The molecule has 0 aromatic carbocycles. The first-order valence-electron chi connectivity index (χ1n) is 9.72. The lowest BCUT2D eigenvalue weighted by Crippen LogP contribution is -2.50. The number of rotatable bonds is 5. The Kier molecular flexibility index (Phi) is 8.03. The number of piperidine rings is 1. The molecule has 1 saturated carbocycles. The van der Waals surface area contributed by atoms with E-state index >= 15 is 0 Å². The van der Waals surface area contributed by atoms with Gasteiger partial charge in [0.15, 0.2) is 5.56 Å². The molecule has 0 spiro atoms. The summed E-state index contributed by atoms with van der Waals surface area (Å²) in [5, 5.41) is 24.7. The van der Waals surface area contributed by atoms with E-state index in [1.807, 2.05) is 0 Å². The van der Waals surface area contributed by atoms with Crippen molar-refractivity contribution in [3.63, 3.8) is 0 Å². The van der Waals surface area contributed by atoms with Gasteiger partial charge in [-0.25, -0.2) is 4.79 Å². The van der Waals surface area contributed by atoms with Gasteiger partial charge in [0.1, 0.15) is 6.54 Å². The lowest BCUT2D eigenvalue weighted by atomic mass is 9.95. The predicted octanol–water partition coefficient (Wildman–Crippen LogP) is 0.538. The smallest absolute Gasteiger partial charge is 0.334 e. The molecule has 1 aliphatic carbocycles. The zero-order valence-electron chi connectivity index (χ0n) is 16.1. The van der Waals surface area contributed by atoms with Crippen molar-refractivity contribution in [3.8, 4) is 5.88 Å². The molecule has 1 aliphatic heterocycles. The molecule has 29 heavy (non-hydrogen) atoms. The number of carboxylic acids is 1. The van der Waals surface area contributed by atoms with Crippen LogP contribution in [0.2, 0.25) is 0 Å². The Bertz CT molecular complexity index is 868. The van der Waals surface area contributed by atoms with Crippen LogP contribution in [0.1, 0.15) is 67.4 Å². The molecule has 2 heterocycles. The maximum absolute atomic E-state index is 13.2. The quantitative estimate of drug-likeness (QED) is 0.487. The molecular formula is C18H27BrN4O6. The van der Waals surface area contributed by atoms with Crippen molar-refractivity contribution >= 4 is 28.9 Å². The molecule has 2 fully saturated rings. The van der Waals surface area contributed by atoms with E-state index in [0.29, 0.717) is 25.8 Å². The molecule has 162 valence electrons. The minimum Gasteiger partial charge on any atom is -0.494 e. The van der Waals surface area contributed by atoms with E-state index in [-0.39, 0.29) is 23.0 Å². The molecule has 10 nitrogen and oxygen atoms in total. The van der Waals surface area contributed by atoms with Gasteiger partial charge in [0.05, 0.1) is 6.04 Å². The van der Waals surface area contributed by atoms with Gasteiger partial charge in [0.25, 0.3) is 11.5 Å². The van der Waals surface area contributed by atoms with Gasteiger partial charge in [-0.3, -0.25) is 23.5 Å². The fourth-order valence-corrected chi connectivity index (χ4v) is 4.12. The highest BCUT2D eigenvalue weighted by molar-refractivity contribution is 8.93. The number of hydrogen-bond acceptors (Lipinski definition) is 6. The molecule has 1 atom stereocenters. The van der Waals surface area contributed by atoms with Crippen molar-refractivity contribution in [3.05, 3.63) is 26.4 Å². The Hall–Kier alpha value is -2.14. The zero-order chi connectivity index (χ0) is 20.3. The highest BCUT2D eigenvalue weighted by atomic mass is 79.9. The van der Waals surface area contributed by atoms with Crippen molar-refractivity contribution in [2.24, 2.45) is 0 Å². The molecule has 1 aromatic heterocycles. The largest absolute Gasteiger partial charge is 0.494 e. The van der Waals surface area contributed by atoms with Gasteiger partial charge in [-0.2, -0.15) is 0 Å². The number of aromatic hydroxyl groups is 1. The fraction of sp³-hybridized carbons (Fsp3) is 0.667. The third kappa shape index (κ3) is 4.89. The van der Waals surface area contributed by atoms with Gasteiger partial charge in [0, 0.05) is 12.6 Å². The third-order valence-corrected chi connectivity index (χ3v) is 5.50. The Morgan fingerprint density at radius 3 is 2.28 bits per heavy atom. The van der Waals surface area contributed by atoms with Crippen molar-refractivity contribution in [1.82, 2.24) is 19.8 Å². The Balaban J connectivity index is 0.00000300. The van der Waals surface area contributed by atoms with E-state index in [1.54, 1.807) is 0 Å². The van der Waals surface area contributed by atoms with Gasteiger partial charge in [-0.1, -0.05) is 19.3 Å². The number of nitrogens with zero attached hydrogens (tertiary/aromatic N) is 2. The highest BCUT2D eigenvalue weighted by Gasteiger charge is 2.31. The molecule has 1 unspecified atom stereocenters. The van der Waals surface area contributed by atoms with Crippen LogP contribution in [0, 0.1) is 0 Å². The number of carbonyl (C=O) groups excluding carboxylic acids is 1. The number of aromatic nitrogens is 2. The summed E-state index contributed by atoms with van der Waals surface area (Å²) in [5.41, 5.74) is -2.07. The van der Waals surface area contributed by atoms with Crippen molar-refractivity contribution < 1.29 is 19.8 Å². The maximum atomic E-state index is 13.2. The maximum Gasteiger partial charge on any atom is 0.334 e. The molecule has 11 heteroatoms. The summed E-state index contributed by atoms with van der Waals surface area (Å²) in [7, 11) is 0. The highest BCUT2D eigenvalue weighted by Crippen LogP contribution is 2.30. The van der Waals surface area contributed by atoms with Crippen molar-refractivity contribution in [2.75, 3.05) is 19.6 Å². The number of nitrogens with one attached hydrogen (secondary N) is 2. The van der Waals surface area contributed by atoms with Gasteiger partial charge in [-0.15, -0.1) is 17.0 Å². The summed E-state index contributed by atoms with van der Waals surface area (Å²) in [6.07, 6.45) is 5.54. The van der Waals surface area contributed by atoms with Crippen LogP contribution in [-0.2, 0) is 4.79 Å². The molecule has 3 rings (SSSR count). The molecule has 4 N–H and O–H groups in total. The molecule has 0 bridgehead atoms. The monoisotopic (exact) mass is 474 g/mol. The van der Waals surface area contributed by atoms with E-state index in [0.717, 1.165) is 41.4 Å². The summed E-state index contributed by atoms with van der Waals surface area (Å²) in [5.74, 6) is -2.94. The molecule has 1 aromatic rings. The van der Waals surface area contributed by atoms with E-state index in [1.165, 1.54) is 0 Å². The van der Waals surface area contributed by atoms with Crippen molar-refractivity contribution in [1.29, 1.82) is 0 Å². The van der Waals surface area contributed by atoms with Crippen LogP contribution in [0.15, 0.2) is 9.59 Å². The summed E-state index contributed by atoms with van der Waals surface area (Å²) < 4.78 is 2.21. The summed E-state index contributed by atoms with van der Waals surface area (Å²) in [6.45, 7) is 0.512. The van der Waals surface area contributed by atoms with Crippen LogP contribution < -0.4 is 21.9 Å². The average molecular weight is 475 g/mol. The number of aliphatic carboxylic acids is 1. The van der Waals surface area contributed by atoms with E-state index in [2.05, 4.69) is 10.6 Å². The molecule has 1 amide bonds. The zero-order valence-corrected chi connectivity index (χ0v) is 17.8. The summed E-state index contributed by atoms with van der Waals surface area (Å²) in [6, 6.07) is -0.717. The number of hydrogen-bond donors (Lipinski definition) is 4. The minimum absolute atomic E-state index is 0. The lowest BCUT2D eigenvalue weighted by Gasteiger charge is -2.29. The van der Waals surface area contributed by atoms with Crippen LogP contribution >= 0.6 is 17.0 Å². The first-order chi connectivity index (χ1) is 13.4. The van der Waals surface area contributed by atoms with Crippen LogP contribution in [0.25, 0.3) is 0 Å². The van der Waals surface area contributed by atoms with Crippen molar-refractivity contribution in [2.45, 2.75) is 57.0 Å². The number of amides is 1. The van der Waals surface area contributed by atoms with Crippen LogP contribution in [0.4, 0.5) is 0 Å². The van der Waals surface area contributed by atoms with Gasteiger partial charge in [0.2, 0.25) is 5.88 Å². The second-order valence-corrected chi connectivity index (χ2v) is 7.39. The number of halogens is 1. The molecular weight excluding hydrogens is 448 g/mol. The average Bonchev–Trinajstić information content (AvgIpc) is 2.68. The first kappa shape index (κ1) is 23.1. The van der Waals surface area contributed by atoms with E-state index in [9.17, 15) is 24.3 Å². The molecule has 2 aliphatic rings. The van der Waals surface area contributed by atoms with Gasteiger partial charge >= 0.3 is 11.7 Å². The molecule has 0 radical (unpaired) electrons. The number of carboxylic acid groups (broad SMARTS) is 1. The number of carbonyl (C=O) groups is 2. The van der Waals surface area contributed by atoms with E-state index in [4.69, 9.17) is 5.11 Å². The SMILES string of the molecule is Br.O=C(O)CNC(=O)c1c(O)n(C2CCCCC2)c(=O)n(C2CCCNC2)c1=O. The van der Waals surface area contributed by atoms with Gasteiger partial charge in [-0.05, 0) is 32.2 Å². The van der Waals surface area contributed by atoms with Crippen LogP contribution in [-0.4, -0.2) is 50.9 Å². The summed E-state index contributed by atoms with van der Waals surface area (Å²) in [4.78, 5) is 49.4. The standard InChI is InChI=1S/C18H26N4O6.BrH/c23-13(24)10-20-15(25)14-16(26)21(11-5-2-1-3-6-11)18(28)22(17(14)27)12-7-4-8-19-9-12;/h11-12,19,26H,1-10H2,(H,20,25)(H,23,24);1H. The Labute approximate surface area is 177 Å². The third-order valence-electron chi connectivity index (χ3n) is 5.50. The van der Waals surface area contributed by atoms with Crippen LogP contribution in [0.3, 0.4) is 0 Å². The lowest BCUT2D eigenvalue weighted by molar-refractivity contribution is -0.135. The van der Waals surface area contributed by atoms with E-state index < -0.39 is 47.2 Å². The Morgan fingerprint density at radius 2 is 1.69 bits per heavy atom. The second kappa shape index (κ2) is 10.1. The molecule has 1 saturated heterocycles. The fourth-order valence-electron chi connectivity index (χ4n) is 4.12. The Morgan fingerprint density at radius 1 is 1.03 bits per heavy atom. The van der Waals surface area contributed by atoms with Crippen LogP contribution in [0.5, 0.6) is 5.88 Å². The predicted molar refractivity (Wildman–Crippen MR) is 110 cm³/mol. The summed E-state index contributed by atoms with van der Waals surface area (Å²) >= 11 is 0. The normalized spacial score (nSPS) is 19.9. The first-order valence-corrected chi connectivity index (χ1v) is 9.72. The topological polar surface area (TPSA) is 143 Å². The second-order valence-electron chi connectivity index (χ2n) is 7.39. The minimum atomic E-state index is -1.27. The van der Waals surface area contributed by atoms with Gasteiger partial charge < -0.3 is 20.8 Å².